The molecule has 7 nitrogen and oxygen atoms in total. The lowest BCUT2D eigenvalue weighted by atomic mass is 10.0. The molecule has 8 heteroatoms. The van der Waals surface area contributed by atoms with Gasteiger partial charge in [-0.1, -0.05) is 127 Å². The van der Waals surface area contributed by atoms with Crippen molar-refractivity contribution >= 4 is 35.3 Å². The number of rotatable bonds is 26. The maximum Gasteiger partial charge on any atom is 0.339 e. The summed E-state index contributed by atoms with van der Waals surface area (Å²) in [5, 5.41) is 2.90. The van der Waals surface area contributed by atoms with Crippen LogP contribution in [0.15, 0.2) is 76.5 Å². The number of aryl methyl sites for hydroxylation is 1. The first-order valence-electron chi connectivity index (χ1n) is 19.0. The number of esters is 2. The van der Waals surface area contributed by atoms with Crippen LogP contribution in [0.4, 0.5) is 5.69 Å². The third-order valence-corrected chi connectivity index (χ3v) is 10.1. The van der Waals surface area contributed by atoms with Crippen LogP contribution >= 0.6 is 11.8 Å². The van der Waals surface area contributed by atoms with Gasteiger partial charge in [-0.05, 0) is 73.0 Å². The molecule has 0 aromatic heterocycles. The number of hydrogen-bond donors (Lipinski definition) is 1. The highest BCUT2D eigenvalue weighted by Crippen LogP contribution is 2.33. The molecule has 0 bridgehead atoms. The fourth-order valence-electron chi connectivity index (χ4n) is 5.94. The number of methoxy groups -OCH3 is 2. The zero-order valence-corrected chi connectivity index (χ0v) is 32.0. The number of unbranched alkanes of at least 4 members (excludes halogenated alkanes) is 15. The zero-order valence-electron chi connectivity index (χ0n) is 31.1. The van der Waals surface area contributed by atoms with Crippen molar-refractivity contribution in [3.8, 4) is 5.75 Å². The van der Waals surface area contributed by atoms with Crippen LogP contribution in [0.5, 0.6) is 5.75 Å². The predicted octanol–water partition coefficient (Wildman–Crippen LogP) is 11.6. The summed E-state index contributed by atoms with van der Waals surface area (Å²) in [6.45, 7) is 3.01. The van der Waals surface area contributed by atoms with Gasteiger partial charge in [-0.2, -0.15) is 0 Å². The Hall–Kier alpha value is -3.78. The number of carbonyl (C=O) groups is 3. The highest BCUT2D eigenvalue weighted by molar-refractivity contribution is 7.99. The van der Waals surface area contributed by atoms with E-state index in [2.05, 4.69) is 12.2 Å². The van der Waals surface area contributed by atoms with Crippen molar-refractivity contribution in [2.45, 2.75) is 132 Å². The summed E-state index contributed by atoms with van der Waals surface area (Å²) in [5.41, 5.74) is 2.36. The minimum atomic E-state index is -0.503. The molecule has 278 valence electrons. The van der Waals surface area contributed by atoms with Crippen LogP contribution < -0.4 is 10.1 Å². The van der Waals surface area contributed by atoms with E-state index in [0.717, 1.165) is 29.2 Å². The SMILES string of the molecule is CCCCCCCCCCCCCCCCCCOc1ccc(CCC(=O)Nc2ccc(Sc3ccc(C(=O)OC)cc3)c(C(=O)OC)c2)cc1. The number of amides is 1. The maximum absolute atomic E-state index is 12.8. The fourth-order valence-corrected chi connectivity index (χ4v) is 6.86. The van der Waals surface area contributed by atoms with E-state index in [1.165, 1.54) is 122 Å². The van der Waals surface area contributed by atoms with Crippen molar-refractivity contribution < 1.29 is 28.6 Å². The lowest BCUT2D eigenvalue weighted by Gasteiger charge is -2.12. The van der Waals surface area contributed by atoms with E-state index in [1.54, 1.807) is 42.5 Å². The lowest BCUT2D eigenvalue weighted by Crippen LogP contribution is -2.13. The van der Waals surface area contributed by atoms with Gasteiger partial charge in [0, 0.05) is 21.9 Å². The molecule has 0 aliphatic heterocycles. The molecule has 51 heavy (non-hydrogen) atoms. The van der Waals surface area contributed by atoms with Gasteiger partial charge in [0.15, 0.2) is 0 Å². The number of benzene rings is 3. The zero-order chi connectivity index (χ0) is 36.5. The third-order valence-electron chi connectivity index (χ3n) is 9.00. The van der Waals surface area contributed by atoms with Crippen LogP contribution in [0.25, 0.3) is 0 Å². The Morgan fingerprint density at radius 2 is 1.18 bits per heavy atom. The van der Waals surface area contributed by atoms with E-state index >= 15 is 0 Å². The normalized spacial score (nSPS) is 10.9. The van der Waals surface area contributed by atoms with Gasteiger partial charge in [0.25, 0.3) is 0 Å². The molecule has 0 radical (unpaired) electrons. The van der Waals surface area contributed by atoms with Gasteiger partial charge >= 0.3 is 11.9 Å². The lowest BCUT2D eigenvalue weighted by molar-refractivity contribution is -0.116. The Balaban J connectivity index is 1.28. The molecule has 0 saturated heterocycles. The van der Waals surface area contributed by atoms with Gasteiger partial charge in [-0.15, -0.1) is 0 Å². The third kappa shape index (κ3) is 16.9. The molecular formula is C43H59NO6S. The molecule has 0 aliphatic rings. The van der Waals surface area contributed by atoms with Crippen LogP contribution in [-0.2, 0) is 20.7 Å². The number of nitrogens with one attached hydrogen (secondary N) is 1. The summed E-state index contributed by atoms with van der Waals surface area (Å²) in [5.74, 6) is -0.203. The molecule has 3 rings (SSSR count). The first-order valence-corrected chi connectivity index (χ1v) is 19.8. The maximum atomic E-state index is 12.8. The summed E-state index contributed by atoms with van der Waals surface area (Å²) in [6, 6.07) is 20.0. The number of ether oxygens (including phenoxy) is 3. The number of carbonyl (C=O) groups excluding carboxylic acids is 3. The van der Waals surface area contributed by atoms with Crippen molar-refractivity contribution in [2.75, 3.05) is 26.1 Å². The Bertz CT molecular complexity index is 1440. The topological polar surface area (TPSA) is 90.9 Å². The second kappa shape index (κ2) is 25.2. The van der Waals surface area contributed by atoms with Gasteiger partial charge in [0.05, 0.1) is 32.0 Å². The molecule has 0 fully saturated rings. The van der Waals surface area contributed by atoms with E-state index in [0.29, 0.717) is 34.6 Å². The largest absolute Gasteiger partial charge is 0.494 e. The Morgan fingerprint density at radius 3 is 1.73 bits per heavy atom. The van der Waals surface area contributed by atoms with Crippen molar-refractivity contribution in [1.29, 1.82) is 0 Å². The molecule has 1 amide bonds. The Morgan fingerprint density at radius 1 is 0.627 bits per heavy atom. The molecule has 0 aliphatic carbocycles. The molecule has 0 heterocycles. The minimum Gasteiger partial charge on any atom is -0.494 e. The standard InChI is InChI=1S/C43H59NO6S/c1-4-5-6-7-8-9-10-11-12-13-14-15-16-17-18-19-32-50-37-26-20-34(21-27-37)22-31-41(45)44-36-25-30-40(39(33-36)43(47)49-3)51-38-28-23-35(24-29-38)42(46)48-2/h20-21,23-30,33H,4-19,22,31-32H2,1-3H3,(H,44,45). The molecule has 3 aromatic rings. The number of anilines is 1. The van der Waals surface area contributed by atoms with Crippen molar-refractivity contribution in [1.82, 2.24) is 0 Å². The molecule has 0 atom stereocenters. The first-order chi connectivity index (χ1) is 24.9. The van der Waals surface area contributed by atoms with Crippen LogP contribution in [0, 0.1) is 0 Å². The summed E-state index contributed by atoms with van der Waals surface area (Å²) in [7, 11) is 2.66. The molecular weight excluding hydrogens is 659 g/mol. The van der Waals surface area contributed by atoms with Crippen LogP contribution in [0.1, 0.15) is 142 Å². The summed E-state index contributed by atoms with van der Waals surface area (Å²) >= 11 is 1.36. The summed E-state index contributed by atoms with van der Waals surface area (Å²) in [6.07, 6.45) is 22.6. The number of hydrogen-bond acceptors (Lipinski definition) is 7. The Labute approximate surface area is 310 Å². The van der Waals surface area contributed by atoms with E-state index in [9.17, 15) is 14.4 Å². The van der Waals surface area contributed by atoms with Crippen molar-refractivity contribution in [2.24, 2.45) is 0 Å². The first kappa shape index (κ1) is 41.6. The van der Waals surface area contributed by atoms with Crippen LogP contribution in [-0.4, -0.2) is 38.7 Å². The average Bonchev–Trinajstić information content (AvgIpc) is 3.16. The Kier molecular flexibility index (Phi) is 20.6. The highest BCUT2D eigenvalue weighted by atomic mass is 32.2. The van der Waals surface area contributed by atoms with Gasteiger partial charge in [0.1, 0.15) is 5.75 Å². The second-order valence-corrected chi connectivity index (χ2v) is 14.3. The van der Waals surface area contributed by atoms with E-state index in [4.69, 9.17) is 14.2 Å². The highest BCUT2D eigenvalue weighted by Gasteiger charge is 2.16. The second-order valence-electron chi connectivity index (χ2n) is 13.2. The summed E-state index contributed by atoms with van der Waals surface area (Å²) in [4.78, 5) is 38.6. The molecule has 0 unspecified atom stereocenters. The molecule has 3 aromatic carbocycles. The van der Waals surface area contributed by atoms with Gasteiger partial charge < -0.3 is 19.5 Å². The van der Waals surface area contributed by atoms with Crippen LogP contribution in [0.2, 0.25) is 0 Å². The average molecular weight is 718 g/mol. The van der Waals surface area contributed by atoms with Gasteiger partial charge in [-0.25, -0.2) is 9.59 Å². The van der Waals surface area contributed by atoms with Crippen LogP contribution in [0.3, 0.4) is 0 Å². The van der Waals surface area contributed by atoms with Gasteiger partial charge in [-0.3, -0.25) is 4.79 Å². The van der Waals surface area contributed by atoms with Crippen molar-refractivity contribution in [3.63, 3.8) is 0 Å². The van der Waals surface area contributed by atoms with E-state index in [1.807, 2.05) is 24.3 Å². The summed E-state index contributed by atoms with van der Waals surface area (Å²) < 4.78 is 15.7. The molecule has 0 spiro atoms. The van der Waals surface area contributed by atoms with Crippen molar-refractivity contribution in [3.05, 3.63) is 83.4 Å². The molecule has 0 saturated carbocycles. The van der Waals surface area contributed by atoms with Gasteiger partial charge in [0.2, 0.25) is 5.91 Å². The fraction of sp³-hybridized carbons (Fsp3) is 0.512. The minimum absolute atomic E-state index is 0.145. The molecule has 1 N–H and O–H groups in total. The smallest absolute Gasteiger partial charge is 0.339 e. The quantitative estimate of drug-likeness (QED) is 0.0653. The van der Waals surface area contributed by atoms with E-state index < -0.39 is 11.9 Å². The van der Waals surface area contributed by atoms with E-state index in [-0.39, 0.29) is 5.91 Å². The predicted molar refractivity (Wildman–Crippen MR) is 208 cm³/mol. The monoisotopic (exact) mass is 717 g/mol.